The Hall–Kier alpha value is -4.14. The number of fused-ring (bicyclic) bond motifs is 1. The molecule has 9 nitrogen and oxygen atoms in total. The van der Waals surface area contributed by atoms with Crippen LogP contribution in [0.4, 0.5) is 17.3 Å². The fourth-order valence-electron chi connectivity index (χ4n) is 4.18. The van der Waals surface area contributed by atoms with Crippen LogP contribution in [-0.4, -0.2) is 59.1 Å². The van der Waals surface area contributed by atoms with Gasteiger partial charge in [0.2, 0.25) is 0 Å². The van der Waals surface area contributed by atoms with Crippen LogP contribution in [0.3, 0.4) is 0 Å². The topological polar surface area (TPSA) is 99.3 Å². The van der Waals surface area contributed by atoms with E-state index in [-0.39, 0.29) is 11.9 Å². The van der Waals surface area contributed by atoms with Gasteiger partial charge in [0.05, 0.1) is 18.1 Å². The Kier molecular flexibility index (Phi) is 5.52. The van der Waals surface area contributed by atoms with E-state index < -0.39 is 0 Å². The Morgan fingerprint density at radius 2 is 2.12 bits per heavy atom. The number of anilines is 3. The van der Waals surface area contributed by atoms with Gasteiger partial charge in [0.25, 0.3) is 5.91 Å². The number of H-pyrrole nitrogens is 1. The number of nitrogens with zero attached hydrogens (tertiary/aromatic N) is 5. The first-order valence-corrected chi connectivity index (χ1v) is 10.8. The van der Waals surface area contributed by atoms with E-state index >= 15 is 0 Å². The lowest BCUT2D eigenvalue weighted by molar-refractivity contribution is 0.102. The second kappa shape index (κ2) is 8.78. The van der Waals surface area contributed by atoms with Crippen molar-refractivity contribution in [3.05, 3.63) is 66.7 Å². The average molecular weight is 444 g/mol. The molecule has 1 fully saturated rings. The van der Waals surface area contributed by atoms with Crippen molar-refractivity contribution in [3.63, 3.8) is 0 Å². The number of rotatable bonds is 6. The maximum atomic E-state index is 12.6. The van der Waals surface area contributed by atoms with Gasteiger partial charge >= 0.3 is 0 Å². The molecular formula is C24H25N7O2. The number of hydrogen-bond acceptors (Lipinski definition) is 7. The summed E-state index contributed by atoms with van der Waals surface area (Å²) in [6.07, 6.45) is 6.09. The minimum Gasteiger partial charge on any atom is -0.497 e. The summed E-state index contributed by atoms with van der Waals surface area (Å²) >= 11 is 0. The Balaban J connectivity index is 1.24. The number of aromatic amines is 1. The molecule has 4 aromatic rings. The maximum Gasteiger partial charge on any atom is 0.257 e. The summed E-state index contributed by atoms with van der Waals surface area (Å²) in [6, 6.07) is 13.2. The standard InChI is InChI=1S/C24H25N7O2/c1-30(18-9-11-31(14-18)23-20-8-10-25-22(20)27-15-28-23)21-7-6-16(13-26-21)24(32)29-17-4-3-5-19(12-17)33-2/h3-8,10,12-13,15,18H,9,11,14H2,1-2H3,(H,29,32)(H,25,27,28)/t18-/m1/s1. The second-order valence-electron chi connectivity index (χ2n) is 8.03. The van der Waals surface area contributed by atoms with Gasteiger partial charge in [0.1, 0.15) is 29.4 Å². The van der Waals surface area contributed by atoms with Crippen molar-refractivity contribution < 1.29 is 9.53 Å². The molecule has 1 saturated heterocycles. The molecule has 2 N–H and O–H groups in total. The van der Waals surface area contributed by atoms with E-state index in [9.17, 15) is 4.79 Å². The van der Waals surface area contributed by atoms with Crippen LogP contribution < -0.4 is 19.9 Å². The Morgan fingerprint density at radius 1 is 1.21 bits per heavy atom. The first-order chi connectivity index (χ1) is 16.1. The van der Waals surface area contributed by atoms with Gasteiger partial charge < -0.3 is 24.8 Å². The predicted octanol–water partition coefficient (Wildman–Crippen LogP) is 3.33. The van der Waals surface area contributed by atoms with Crippen LogP contribution in [0.15, 0.2) is 61.2 Å². The SMILES string of the molecule is COc1cccc(NC(=O)c2ccc(N(C)[C@@H]3CCN(c4ncnc5[nH]ccc45)C3)nc2)c1. The number of likely N-dealkylation sites (N-methyl/N-ethyl adjacent to an activating group) is 1. The molecule has 0 spiro atoms. The van der Waals surface area contributed by atoms with Gasteiger partial charge in [-0.1, -0.05) is 6.07 Å². The smallest absolute Gasteiger partial charge is 0.257 e. The van der Waals surface area contributed by atoms with Crippen LogP contribution in [0, 0.1) is 0 Å². The third kappa shape index (κ3) is 4.17. The number of methoxy groups -OCH3 is 1. The Bertz CT molecular complexity index is 1270. The number of aromatic nitrogens is 4. The van der Waals surface area contributed by atoms with Gasteiger partial charge in [-0.25, -0.2) is 15.0 Å². The molecule has 9 heteroatoms. The molecule has 0 saturated carbocycles. The quantitative estimate of drug-likeness (QED) is 0.472. The molecule has 3 aromatic heterocycles. The molecule has 4 heterocycles. The van der Waals surface area contributed by atoms with Crippen LogP contribution in [0.2, 0.25) is 0 Å². The Labute approximate surface area is 191 Å². The number of nitrogens with one attached hydrogen (secondary N) is 2. The first kappa shape index (κ1) is 20.7. The Morgan fingerprint density at radius 3 is 2.94 bits per heavy atom. The zero-order valence-corrected chi connectivity index (χ0v) is 18.5. The lowest BCUT2D eigenvalue weighted by Gasteiger charge is -2.26. The van der Waals surface area contributed by atoms with Crippen LogP contribution in [0.25, 0.3) is 11.0 Å². The summed E-state index contributed by atoms with van der Waals surface area (Å²) in [7, 11) is 3.64. The highest BCUT2D eigenvalue weighted by Crippen LogP contribution is 2.28. The largest absolute Gasteiger partial charge is 0.497 e. The number of amides is 1. The number of carbonyl (C=O) groups excluding carboxylic acids is 1. The molecule has 1 aliphatic heterocycles. The lowest BCUT2D eigenvalue weighted by Crippen LogP contribution is -2.35. The molecule has 1 amide bonds. The van der Waals surface area contributed by atoms with Crippen molar-refractivity contribution in [1.29, 1.82) is 0 Å². The fraction of sp³-hybridized carbons (Fsp3) is 0.250. The zero-order chi connectivity index (χ0) is 22.8. The van der Waals surface area contributed by atoms with E-state index in [4.69, 9.17) is 4.74 Å². The lowest BCUT2D eigenvalue weighted by atomic mass is 10.2. The monoisotopic (exact) mass is 443 g/mol. The second-order valence-corrected chi connectivity index (χ2v) is 8.03. The highest BCUT2D eigenvalue weighted by molar-refractivity contribution is 6.04. The summed E-state index contributed by atoms with van der Waals surface area (Å²) in [4.78, 5) is 33.5. The van der Waals surface area contributed by atoms with E-state index in [1.807, 2.05) is 43.6 Å². The number of benzene rings is 1. The zero-order valence-electron chi connectivity index (χ0n) is 18.5. The van der Waals surface area contributed by atoms with Gasteiger partial charge in [-0.15, -0.1) is 0 Å². The normalized spacial score (nSPS) is 15.6. The van der Waals surface area contributed by atoms with Gasteiger partial charge in [-0.3, -0.25) is 4.79 Å². The molecule has 5 rings (SSSR count). The highest BCUT2D eigenvalue weighted by atomic mass is 16.5. The van der Waals surface area contributed by atoms with E-state index in [1.165, 1.54) is 0 Å². The van der Waals surface area contributed by atoms with Crippen molar-refractivity contribution in [2.75, 3.05) is 42.4 Å². The summed E-state index contributed by atoms with van der Waals surface area (Å²) in [6.45, 7) is 1.75. The summed E-state index contributed by atoms with van der Waals surface area (Å²) in [5.74, 6) is 2.26. The van der Waals surface area contributed by atoms with Crippen molar-refractivity contribution in [3.8, 4) is 5.75 Å². The number of carbonyl (C=O) groups is 1. The minimum atomic E-state index is -0.212. The summed E-state index contributed by atoms with van der Waals surface area (Å²) in [5, 5.41) is 3.91. The minimum absolute atomic E-state index is 0.212. The van der Waals surface area contributed by atoms with Crippen molar-refractivity contribution in [1.82, 2.24) is 19.9 Å². The molecule has 0 aliphatic carbocycles. The van der Waals surface area contributed by atoms with Gasteiger partial charge in [0.15, 0.2) is 0 Å². The van der Waals surface area contributed by atoms with Crippen LogP contribution in [0.5, 0.6) is 5.75 Å². The van der Waals surface area contributed by atoms with Crippen molar-refractivity contribution in [2.45, 2.75) is 12.5 Å². The maximum absolute atomic E-state index is 12.6. The van der Waals surface area contributed by atoms with Gasteiger partial charge in [-0.05, 0) is 36.8 Å². The molecule has 0 bridgehead atoms. The molecule has 168 valence electrons. The average Bonchev–Trinajstić information content (AvgIpc) is 3.53. The highest BCUT2D eigenvalue weighted by Gasteiger charge is 2.28. The van der Waals surface area contributed by atoms with Gasteiger partial charge in [-0.2, -0.15) is 0 Å². The van der Waals surface area contributed by atoms with E-state index in [0.29, 0.717) is 17.0 Å². The third-order valence-corrected chi connectivity index (χ3v) is 6.04. The van der Waals surface area contributed by atoms with Crippen LogP contribution in [-0.2, 0) is 0 Å². The van der Waals surface area contributed by atoms with Gasteiger partial charge in [0, 0.05) is 50.3 Å². The molecule has 0 unspecified atom stereocenters. The number of ether oxygens (including phenoxy) is 1. The molecule has 0 radical (unpaired) electrons. The number of pyridine rings is 1. The van der Waals surface area contributed by atoms with Crippen molar-refractivity contribution >= 4 is 34.3 Å². The summed E-state index contributed by atoms with van der Waals surface area (Å²) < 4.78 is 5.20. The molecule has 1 atom stereocenters. The predicted molar refractivity (Wildman–Crippen MR) is 128 cm³/mol. The molecular weight excluding hydrogens is 418 g/mol. The summed E-state index contributed by atoms with van der Waals surface area (Å²) in [5.41, 5.74) is 2.02. The van der Waals surface area contributed by atoms with E-state index in [2.05, 4.69) is 35.1 Å². The molecule has 33 heavy (non-hydrogen) atoms. The van der Waals surface area contributed by atoms with Crippen LogP contribution >= 0.6 is 0 Å². The van der Waals surface area contributed by atoms with Crippen molar-refractivity contribution in [2.24, 2.45) is 0 Å². The fourth-order valence-corrected chi connectivity index (χ4v) is 4.18. The van der Waals surface area contributed by atoms with E-state index in [1.54, 1.807) is 31.8 Å². The molecule has 1 aliphatic rings. The van der Waals surface area contributed by atoms with Crippen LogP contribution in [0.1, 0.15) is 16.8 Å². The first-order valence-electron chi connectivity index (χ1n) is 10.8. The van der Waals surface area contributed by atoms with E-state index in [0.717, 1.165) is 42.2 Å². The number of hydrogen-bond donors (Lipinski definition) is 2. The third-order valence-electron chi connectivity index (χ3n) is 6.04. The molecule has 1 aromatic carbocycles.